The van der Waals surface area contributed by atoms with E-state index in [1.165, 1.54) is 60.7 Å². The SMILES string of the molecule is C=CC=C.C=CCCN(c1ccc(-c2ccc(CCC(Cc3ccccc3)c3cccc4ccccc34)cc2)cc1)c1cccc2ccccc12. The van der Waals surface area contributed by atoms with Gasteiger partial charge in [-0.3, -0.25) is 0 Å². The Morgan fingerprint density at radius 2 is 1.08 bits per heavy atom. The highest BCUT2D eigenvalue weighted by molar-refractivity contribution is 5.96. The summed E-state index contributed by atoms with van der Waals surface area (Å²) in [7, 11) is 0. The van der Waals surface area contributed by atoms with Crippen molar-refractivity contribution in [1.82, 2.24) is 0 Å². The third-order valence-corrected chi connectivity index (χ3v) is 9.62. The summed E-state index contributed by atoms with van der Waals surface area (Å²) in [6.45, 7) is 11.6. The van der Waals surface area contributed by atoms with Crippen LogP contribution in [-0.4, -0.2) is 6.54 Å². The Labute approximate surface area is 304 Å². The lowest BCUT2D eigenvalue weighted by Gasteiger charge is -2.26. The van der Waals surface area contributed by atoms with Crippen molar-refractivity contribution in [1.29, 1.82) is 0 Å². The zero-order valence-corrected chi connectivity index (χ0v) is 29.5. The number of fused-ring (bicyclic) bond motifs is 2. The molecule has 0 saturated carbocycles. The maximum absolute atomic E-state index is 3.99. The zero-order chi connectivity index (χ0) is 35.3. The Morgan fingerprint density at radius 1 is 0.510 bits per heavy atom. The summed E-state index contributed by atoms with van der Waals surface area (Å²) in [4.78, 5) is 2.42. The second-order valence-corrected chi connectivity index (χ2v) is 12.9. The number of rotatable bonds is 13. The third kappa shape index (κ3) is 8.82. The number of hydrogen-bond acceptors (Lipinski definition) is 1. The molecule has 0 amide bonds. The Hall–Kier alpha value is -5.92. The lowest BCUT2D eigenvalue weighted by molar-refractivity contribution is 0.625. The van der Waals surface area contributed by atoms with Crippen molar-refractivity contribution in [2.24, 2.45) is 0 Å². The highest BCUT2D eigenvalue weighted by Gasteiger charge is 2.16. The second-order valence-electron chi connectivity index (χ2n) is 12.9. The molecule has 0 aliphatic carbocycles. The number of aryl methyl sites for hydroxylation is 1. The van der Waals surface area contributed by atoms with Gasteiger partial charge in [-0.15, -0.1) is 6.58 Å². The Bertz CT molecular complexity index is 2160. The zero-order valence-electron chi connectivity index (χ0n) is 29.5. The van der Waals surface area contributed by atoms with E-state index < -0.39 is 0 Å². The molecule has 0 N–H and O–H groups in total. The minimum Gasteiger partial charge on any atom is -0.341 e. The first kappa shape index (κ1) is 34.9. The van der Waals surface area contributed by atoms with Crippen molar-refractivity contribution >= 4 is 32.9 Å². The van der Waals surface area contributed by atoms with Gasteiger partial charge in [0.15, 0.2) is 0 Å². The summed E-state index contributed by atoms with van der Waals surface area (Å²) in [5, 5.41) is 5.22. The molecule has 7 aromatic rings. The standard InChI is InChI=1S/C46H41N.C4H6/c1-2-3-33-47(46-22-12-18-40-16-8-10-20-45(40)46)42-31-29-38(30-32-42)37-26-23-35(24-27-37)25-28-41(34-36-13-5-4-6-14-36)44-21-11-17-39-15-7-9-19-43(39)44;1-3-4-2/h2,4-24,26-27,29-32,41H,1,3,25,28,33-34H2;3-4H,1-2H2. The summed E-state index contributed by atoms with van der Waals surface area (Å²) in [6, 6.07) is 60.0. The number of allylic oxidation sites excluding steroid dienone is 2. The van der Waals surface area contributed by atoms with Gasteiger partial charge in [-0.05, 0) is 93.8 Å². The van der Waals surface area contributed by atoms with Gasteiger partial charge in [0, 0.05) is 23.3 Å². The fourth-order valence-electron chi connectivity index (χ4n) is 6.96. The van der Waals surface area contributed by atoms with E-state index in [9.17, 15) is 0 Å². The maximum Gasteiger partial charge on any atom is 0.0490 e. The Balaban J connectivity index is 0.00000107. The van der Waals surface area contributed by atoms with Crippen LogP contribution in [0.5, 0.6) is 0 Å². The molecule has 0 radical (unpaired) electrons. The quantitative estimate of drug-likeness (QED) is 0.0878. The van der Waals surface area contributed by atoms with Gasteiger partial charge in [0.25, 0.3) is 0 Å². The van der Waals surface area contributed by atoms with Crippen LogP contribution in [-0.2, 0) is 12.8 Å². The molecule has 0 aromatic heterocycles. The molecule has 1 nitrogen and oxygen atoms in total. The molecule has 0 aliphatic heterocycles. The largest absolute Gasteiger partial charge is 0.341 e. The first-order valence-electron chi connectivity index (χ1n) is 18.0. The summed E-state index contributed by atoms with van der Waals surface area (Å²) < 4.78 is 0. The molecule has 0 heterocycles. The van der Waals surface area contributed by atoms with Gasteiger partial charge in [-0.2, -0.15) is 0 Å². The van der Waals surface area contributed by atoms with Gasteiger partial charge in [0.05, 0.1) is 0 Å². The minimum atomic E-state index is 0.446. The molecule has 51 heavy (non-hydrogen) atoms. The van der Waals surface area contributed by atoms with Crippen molar-refractivity contribution in [3.05, 3.63) is 218 Å². The highest BCUT2D eigenvalue weighted by Crippen LogP contribution is 2.35. The molecule has 0 bridgehead atoms. The number of anilines is 2. The van der Waals surface area contributed by atoms with Crippen molar-refractivity contribution in [2.45, 2.75) is 31.6 Å². The van der Waals surface area contributed by atoms with Crippen LogP contribution < -0.4 is 4.90 Å². The van der Waals surface area contributed by atoms with E-state index in [-0.39, 0.29) is 0 Å². The Kier molecular flexibility index (Phi) is 12.1. The van der Waals surface area contributed by atoms with Crippen molar-refractivity contribution < 1.29 is 0 Å². The first-order chi connectivity index (χ1) is 25.2. The molecular formula is C50H47N. The molecule has 7 rings (SSSR count). The van der Waals surface area contributed by atoms with E-state index >= 15 is 0 Å². The molecule has 0 aliphatic rings. The van der Waals surface area contributed by atoms with Gasteiger partial charge >= 0.3 is 0 Å². The molecule has 0 fully saturated rings. The minimum absolute atomic E-state index is 0.446. The van der Waals surface area contributed by atoms with Gasteiger partial charge in [0.1, 0.15) is 0 Å². The van der Waals surface area contributed by atoms with E-state index in [0.29, 0.717) is 5.92 Å². The van der Waals surface area contributed by atoms with Crippen LogP contribution in [0.15, 0.2) is 202 Å². The van der Waals surface area contributed by atoms with E-state index in [1.807, 2.05) is 6.08 Å². The lowest BCUT2D eigenvalue weighted by atomic mass is 9.84. The second kappa shape index (κ2) is 17.7. The van der Waals surface area contributed by atoms with E-state index in [1.54, 1.807) is 12.2 Å². The molecule has 1 unspecified atom stereocenters. The van der Waals surface area contributed by atoms with Crippen molar-refractivity contribution in [3.8, 4) is 11.1 Å². The van der Waals surface area contributed by atoms with Crippen LogP contribution >= 0.6 is 0 Å². The average Bonchev–Trinajstić information content (AvgIpc) is 3.20. The monoisotopic (exact) mass is 661 g/mol. The number of nitrogens with zero attached hydrogens (tertiary/aromatic N) is 1. The van der Waals surface area contributed by atoms with Crippen LogP contribution in [0.25, 0.3) is 32.7 Å². The van der Waals surface area contributed by atoms with Gasteiger partial charge in [-0.1, -0.05) is 177 Å². The third-order valence-electron chi connectivity index (χ3n) is 9.62. The highest BCUT2D eigenvalue weighted by atomic mass is 15.1. The van der Waals surface area contributed by atoms with Crippen LogP contribution in [0, 0.1) is 0 Å². The lowest BCUT2D eigenvalue weighted by Crippen LogP contribution is -2.18. The summed E-state index contributed by atoms with van der Waals surface area (Å²) in [5.74, 6) is 0.446. The molecule has 0 spiro atoms. The molecular weight excluding hydrogens is 615 g/mol. The van der Waals surface area contributed by atoms with Crippen molar-refractivity contribution in [3.63, 3.8) is 0 Å². The normalized spacial score (nSPS) is 11.3. The summed E-state index contributed by atoms with van der Waals surface area (Å²) in [6.07, 6.45) is 9.38. The predicted molar refractivity (Wildman–Crippen MR) is 223 cm³/mol. The van der Waals surface area contributed by atoms with Gasteiger partial charge in [-0.25, -0.2) is 0 Å². The maximum atomic E-state index is 3.99. The molecule has 0 saturated heterocycles. The van der Waals surface area contributed by atoms with Gasteiger partial charge in [0.2, 0.25) is 0 Å². The van der Waals surface area contributed by atoms with Crippen LogP contribution in [0.2, 0.25) is 0 Å². The van der Waals surface area contributed by atoms with E-state index in [4.69, 9.17) is 0 Å². The average molecular weight is 662 g/mol. The smallest absolute Gasteiger partial charge is 0.0490 e. The first-order valence-corrected chi connectivity index (χ1v) is 18.0. The number of benzene rings is 7. The summed E-state index contributed by atoms with van der Waals surface area (Å²) >= 11 is 0. The molecule has 252 valence electrons. The Morgan fingerprint density at radius 3 is 1.75 bits per heavy atom. The molecule has 1 heteroatoms. The topological polar surface area (TPSA) is 3.24 Å². The fraction of sp³-hybridized carbons (Fsp3) is 0.120. The van der Waals surface area contributed by atoms with E-state index in [2.05, 4.69) is 188 Å². The molecule has 7 aromatic carbocycles. The van der Waals surface area contributed by atoms with Gasteiger partial charge < -0.3 is 4.90 Å². The predicted octanol–water partition coefficient (Wildman–Crippen LogP) is 13.7. The fourth-order valence-corrected chi connectivity index (χ4v) is 6.96. The van der Waals surface area contributed by atoms with Crippen LogP contribution in [0.1, 0.15) is 35.4 Å². The van der Waals surface area contributed by atoms with E-state index in [0.717, 1.165) is 32.2 Å². The van der Waals surface area contributed by atoms with Crippen LogP contribution in [0.4, 0.5) is 11.4 Å². The molecule has 1 atom stereocenters. The summed E-state index contributed by atoms with van der Waals surface area (Å²) in [5.41, 5.74) is 9.15. The van der Waals surface area contributed by atoms with Crippen molar-refractivity contribution in [2.75, 3.05) is 11.4 Å². The van der Waals surface area contributed by atoms with Crippen LogP contribution in [0.3, 0.4) is 0 Å². The number of hydrogen-bond donors (Lipinski definition) is 0.